The molecule has 26 heavy (non-hydrogen) atoms. The summed E-state index contributed by atoms with van der Waals surface area (Å²) in [5, 5.41) is 2.55. The molecule has 0 bridgehead atoms. The predicted octanol–water partition coefficient (Wildman–Crippen LogP) is 3.88. The van der Waals surface area contributed by atoms with E-state index in [2.05, 4.69) is 10.1 Å². The Morgan fingerprint density at radius 3 is 2.12 bits per heavy atom. The van der Waals surface area contributed by atoms with Gasteiger partial charge in [0.05, 0.1) is 25.1 Å². The Morgan fingerprint density at radius 2 is 1.62 bits per heavy atom. The molecule has 0 heterocycles. The number of nitrogens with one attached hydrogen (secondary N) is 1. The van der Waals surface area contributed by atoms with E-state index in [4.69, 9.17) is 0 Å². The van der Waals surface area contributed by atoms with E-state index in [1.54, 1.807) is 0 Å². The van der Waals surface area contributed by atoms with Crippen molar-refractivity contribution < 1.29 is 31.9 Å². The summed E-state index contributed by atoms with van der Waals surface area (Å²) in [5.74, 6) is -1.76. The highest BCUT2D eigenvalue weighted by molar-refractivity contribution is 5.94. The van der Waals surface area contributed by atoms with Crippen molar-refractivity contribution in [3.05, 3.63) is 71.0 Å². The highest BCUT2D eigenvalue weighted by atomic mass is 19.4. The summed E-state index contributed by atoms with van der Waals surface area (Å²) in [6.07, 6.45) is -4.72. The van der Waals surface area contributed by atoms with Crippen molar-refractivity contribution in [2.75, 3.05) is 7.11 Å². The van der Waals surface area contributed by atoms with Gasteiger partial charge in [-0.15, -0.1) is 0 Å². The molecule has 2 aromatic carbocycles. The van der Waals surface area contributed by atoms with Crippen LogP contribution in [0.5, 0.6) is 0 Å². The molecule has 138 valence electrons. The molecule has 0 unspecified atom stereocenters. The summed E-state index contributed by atoms with van der Waals surface area (Å²) in [6.45, 7) is 0. The lowest BCUT2D eigenvalue weighted by Crippen LogP contribution is -2.30. The van der Waals surface area contributed by atoms with Crippen LogP contribution < -0.4 is 5.32 Å². The van der Waals surface area contributed by atoms with Crippen LogP contribution in [-0.4, -0.2) is 19.0 Å². The fourth-order valence-corrected chi connectivity index (χ4v) is 2.25. The maximum atomic E-state index is 13.1. The first-order valence-electron chi connectivity index (χ1n) is 7.51. The van der Waals surface area contributed by atoms with Gasteiger partial charge in [0.2, 0.25) is 0 Å². The lowest BCUT2D eigenvalue weighted by molar-refractivity contribution is -0.141. The molecule has 0 saturated carbocycles. The first-order valence-corrected chi connectivity index (χ1v) is 7.51. The number of amides is 1. The quantitative estimate of drug-likeness (QED) is 0.643. The molecule has 0 aliphatic carbocycles. The van der Waals surface area contributed by atoms with Gasteiger partial charge in [-0.1, -0.05) is 12.1 Å². The van der Waals surface area contributed by atoms with E-state index in [0.29, 0.717) is 5.56 Å². The van der Waals surface area contributed by atoms with Crippen molar-refractivity contribution in [3.8, 4) is 0 Å². The molecule has 0 saturated heterocycles. The number of carbonyl (C=O) groups excluding carboxylic acids is 2. The van der Waals surface area contributed by atoms with Gasteiger partial charge in [0.15, 0.2) is 0 Å². The van der Waals surface area contributed by atoms with Crippen molar-refractivity contribution in [2.24, 2.45) is 0 Å². The Bertz CT molecular complexity index is 771. The van der Waals surface area contributed by atoms with Gasteiger partial charge in [-0.05, 0) is 42.0 Å². The number of benzene rings is 2. The van der Waals surface area contributed by atoms with Gasteiger partial charge < -0.3 is 10.1 Å². The summed E-state index contributed by atoms with van der Waals surface area (Å²) >= 11 is 0. The van der Waals surface area contributed by atoms with E-state index >= 15 is 0 Å². The van der Waals surface area contributed by atoms with Gasteiger partial charge in [-0.2, -0.15) is 13.2 Å². The summed E-state index contributed by atoms with van der Waals surface area (Å²) in [7, 11) is 1.18. The fraction of sp³-hybridized carbons (Fsp3) is 0.222. The van der Waals surface area contributed by atoms with Gasteiger partial charge in [-0.25, -0.2) is 4.39 Å². The van der Waals surface area contributed by atoms with Crippen molar-refractivity contribution in [1.82, 2.24) is 5.32 Å². The summed E-state index contributed by atoms with van der Waals surface area (Å²) < 4.78 is 55.4. The second kappa shape index (κ2) is 7.99. The SMILES string of the molecule is COC(=O)C[C@@H](NC(=O)c1ccc(C(F)(F)F)cc1)c1ccc(F)cc1. The molecule has 2 rings (SSSR count). The first-order chi connectivity index (χ1) is 12.2. The summed E-state index contributed by atoms with van der Waals surface area (Å²) in [6, 6.07) is 7.98. The van der Waals surface area contributed by atoms with Gasteiger partial charge in [0.25, 0.3) is 5.91 Å². The number of esters is 1. The normalized spacial score (nSPS) is 12.3. The zero-order valence-electron chi connectivity index (χ0n) is 13.6. The lowest BCUT2D eigenvalue weighted by Gasteiger charge is -2.18. The fourth-order valence-electron chi connectivity index (χ4n) is 2.25. The molecule has 0 aromatic heterocycles. The third-order valence-corrected chi connectivity index (χ3v) is 3.65. The third-order valence-electron chi connectivity index (χ3n) is 3.65. The molecule has 0 radical (unpaired) electrons. The summed E-state index contributed by atoms with van der Waals surface area (Å²) in [4.78, 5) is 23.9. The van der Waals surface area contributed by atoms with Crippen LogP contribution in [0.3, 0.4) is 0 Å². The van der Waals surface area contributed by atoms with Crippen LogP contribution in [0.15, 0.2) is 48.5 Å². The zero-order valence-corrected chi connectivity index (χ0v) is 13.6. The van der Waals surface area contributed by atoms with Crippen LogP contribution in [0.4, 0.5) is 17.6 Å². The maximum absolute atomic E-state index is 13.1. The molecule has 1 atom stereocenters. The molecule has 0 spiro atoms. The van der Waals surface area contributed by atoms with Crippen molar-refractivity contribution in [3.63, 3.8) is 0 Å². The minimum atomic E-state index is -4.50. The Morgan fingerprint density at radius 1 is 1.04 bits per heavy atom. The van der Waals surface area contributed by atoms with E-state index in [0.717, 1.165) is 24.3 Å². The minimum Gasteiger partial charge on any atom is -0.469 e. The predicted molar refractivity (Wildman–Crippen MR) is 84.7 cm³/mol. The van der Waals surface area contributed by atoms with Crippen molar-refractivity contribution >= 4 is 11.9 Å². The third kappa shape index (κ3) is 5.05. The Kier molecular flexibility index (Phi) is 5.97. The largest absolute Gasteiger partial charge is 0.469 e. The topological polar surface area (TPSA) is 55.4 Å². The van der Waals surface area contributed by atoms with Gasteiger partial charge in [0, 0.05) is 5.56 Å². The number of ether oxygens (including phenoxy) is 1. The summed E-state index contributed by atoms with van der Waals surface area (Å²) in [5.41, 5.74) is -0.425. The number of halogens is 4. The van der Waals surface area contributed by atoms with Crippen LogP contribution >= 0.6 is 0 Å². The van der Waals surface area contributed by atoms with Gasteiger partial charge in [0.1, 0.15) is 5.82 Å². The Hall–Kier alpha value is -2.90. The molecule has 0 aliphatic heterocycles. The Balaban J connectivity index is 2.20. The molecule has 0 fully saturated rings. The van der Waals surface area contributed by atoms with E-state index in [9.17, 15) is 27.2 Å². The zero-order chi connectivity index (χ0) is 19.3. The minimum absolute atomic E-state index is 0.00465. The second-order valence-corrected chi connectivity index (χ2v) is 5.43. The molecule has 8 heteroatoms. The molecule has 2 aromatic rings. The smallest absolute Gasteiger partial charge is 0.416 e. The van der Waals surface area contributed by atoms with E-state index < -0.39 is 35.5 Å². The standard InChI is InChI=1S/C18H15F4NO3/c1-26-16(24)10-15(11-4-8-14(19)9-5-11)23-17(25)12-2-6-13(7-3-12)18(20,21)22/h2-9,15H,10H2,1H3,(H,23,25)/t15-/m1/s1. The molecule has 1 N–H and O–H groups in total. The molecule has 0 aliphatic rings. The van der Waals surface area contributed by atoms with E-state index in [1.165, 1.54) is 31.4 Å². The first kappa shape index (κ1) is 19.4. The van der Waals surface area contributed by atoms with Crippen molar-refractivity contribution in [2.45, 2.75) is 18.6 Å². The monoisotopic (exact) mass is 369 g/mol. The number of rotatable bonds is 5. The average molecular weight is 369 g/mol. The Labute approximate surface area is 146 Å². The van der Waals surface area contributed by atoms with Crippen LogP contribution in [0.25, 0.3) is 0 Å². The molecule has 1 amide bonds. The van der Waals surface area contributed by atoms with E-state index in [1.807, 2.05) is 0 Å². The van der Waals surface area contributed by atoms with Gasteiger partial charge in [-0.3, -0.25) is 9.59 Å². The number of hydrogen-bond acceptors (Lipinski definition) is 3. The van der Waals surface area contributed by atoms with Crippen LogP contribution in [0.2, 0.25) is 0 Å². The number of carbonyl (C=O) groups is 2. The molecule has 4 nitrogen and oxygen atoms in total. The van der Waals surface area contributed by atoms with Crippen LogP contribution in [-0.2, 0) is 15.7 Å². The number of alkyl halides is 3. The average Bonchev–Trinajstić information content (AvgIpc) is 2.61. The van der Waals surface area contributed by atoms with E-state index in [-0.39, 0.29) is 12.0 Å². The van der Waals surface area contributed by atoms with Crippen LogP contribution in [0, 0.1) is 5.82 Å². The van der Waals surface area contributed by atoms with Crippen LogP contribution in [0.1, 0.15) is 33.9 Å². The number of methoxy groups -OCH3 is 1. The number of hydrogen-bond donors (Lipinski definition) is 1. The molecular formula is C18H15F4NO3. The highest BCUT2D eigenvalue weighted by Crippen LogP contribution is 2.29. The van der Waals surface area contributed by atoms with Crippen molar-refractivity contribution in [1.29, 1.82) is 0 Å². The molecular weight excluding hydrogens is 354 g/mol. The maximum Gasteiger partial charge on any atom is 0.416 e. The van der Waals surface area contributed by atoms with Gasteiger partial charge >= 0.3 is 12.1 Å². The second-order valence-electron chi connectivity index (χ2n) is 5.43. The highest BCUT2D eigenvalue weighted by Gasteiger charge is 2.30. The lowest BCUT2D eigenvalue weighted by atomic mass is 10.0.